The van der Waals surface area contributed by atoms with E-state index in [0.29, 0.717) is 18.0 Å². The monoisotopic (exact) mass is 343 g/mol. The van der Waals surface area contributed by atoms with Gasteiger partial charge in [-0.2, -0.15) is 0 Å². The number of fused-ring (bicyclic) bond motifs is 1. The molecule has 0 saturated carbocycles. The van der Waals surface area contributed by atoms with Crippen LogP contribution in [0.1, 0.15) is 30.5 Å². The minimum atomic E-state index is -1.29. The van der Waals surface area contributed by atoms with E-state index in [1.165, 1.54) is 0 Å². The second-order valence-corrected chi connectivity index (χ2v) is 7.39. The molecule has 1 aliphatic rings. The van der Waals surface area contributed by atoms with Crippen LogP contribution in [-0.4, -0.2) is 10.00 Å². The summed E-state index contributed by atoms with van der Waals surface area (Å²) < 4.78 is 26.9. The predicted molar refractivity (Wildman–Crippen MR) is 95.7 cm³/mol. The van der Waals surface area contributed by atoms with Crippen LogP contribution in [0.5, 0.6) is 5.75 Å². The molecule has 0 spiro atoms. The standard InChI is InChI=1S/C19H21NO3S/c1-4-14-5-7-15(8-6-14)12-20-24(21)17-9-10-18-16(11-17)13-22-19(2,3)23-18/h4-11,20H,1,12-13H2,2-3H3. The van der Waals surface area contributed by atoms with Crippen LogP contribution in [0.15, 0.2) is 53.9 Å². The van der Waals surface area contributed by atoms with Gasteiger partial charge in [-0.05, 0) is 29.3 Å². The quantitative estimate of drug-likeness (QED) is 0.898. The normalized spacial score (nSPS) is 16.8. The molecule has 0 aromatic heterocycles. The van der Waals surface area contributed by atoms with Crippen molar-refractivity contribution in [3.05, 3.63) is 65.7 Å². The fourth-order valence-corrected chi connectivity index (χ4v) is 3.34. The van der Waals surface area contributed by atoms with Crippen LogP contribution in [0.25, 0.3) is 6.08 Å². The Morgan fingerprint density at radius 2 is 2.00 bits per heavy atom. The fraction of sp³-hybridized carbons (Fsp3) is 0.263. The van der Waals surface area contributed by atoms with Crippen molar-refractivity contribution in [3.63, 3.8) is 0 Å². The number of benzene rings is 2. The van der Waals surface area contributed by atoms with Crippen molar-refractivity contribution in [3.8, 4) is 5.75 Å². The zero-order valence-corrected chi connectivity index (χ0v) is 14.7. The van der Waals surface area contributed by atoms with E-state index in [9.17, 15) is 4.21 Å². The lowest BCUT2D eigenvalue weighted by Gasteiger charge is -2.32. The summed E-state index contributed by atoms with van der Waals surface area (Å²) in [4.78, 5) is 0.711. The van der Waals surface area contributed by atoms with E-state index < -0.39 is 16.8 Å². The van der Waals surface area contributed by atoms with E-state index in [1.54, 1.807) is 6.08 Å². The first kappa shape index (κ1) is 16.9. The molecule has 0 fully saturated rings. The van der Waals surface area contributed by atoms with Gasteiger partial charge in [0.05, 0.1) is 11.5 Å². The molecular formula is C19H21NO3S. The van der Waals surface area contributed by atoms with Gasteiger partial charge in [-0.25, -0.2) is 8.93 Å². The van der Waals surface area contributed by atoms with Crippen LogP contribution >= 0.6 is 0 Å². The molecule has 1 unspecified atom stereocenters. The third-order valence-electron chi connectivity index (χ3n) is 3.80. The second-order valence-electron chi connectivity index (χ2n) is 6.10. The molecule has 0 amide bonds. The third kappa shape index (κ3) is 3.93. The van der Waals surface area contributed by atoms with Crippen molar-refractivity contribution < 1.29 is 13.7 Å². The number of hydrogen-bond acceptors (Lipinski definition) is 3. The Morgan fingerprint density at radius 3 is 2.71 bits per heavy atom. The van der Waals surface area contributed by atoms with Gasteiger partial charge < -0.3 is 9.47 Å². The van der Waals surface area contributed by atoms with Gasteiger partial charge in [0.25, 0.3) is 0 Å². The zero-order chi connectivity index (χ0) is 17.2. The molecule has 3 rings (SSSR count). The third-order valence-corrected chi connectivity index (χ3v) is 4.89. The van der Waals surface area contributed by atoms with E-state index in [1.807, 2.05) is 56.3 Å². The van der Waals surface area contributed by atoms with E-state index >= 15 is 0 Å². The van der Waals surface area contributed by atoms with E-state index in [4.69, 9.17) is 9.47 Å². The van der Waals surface area contributed by atoms with Gasteiger partial charge >= 0.3 is 0 Å². The predicted octanol–water partition coefficient (Wildman–Crippen LogP) is 3.79. The summed E-state index contributed by atoms with van der Waals surface area (Å²) in [5, 5.41) is 0. The molecular weight excluding hydrogens is 322 g/mol. The van der Waals surface area contributed by atoms with E-state index in [0.717, 1.165) is 22.4 Å². The Morgan fingerprint density at radius 1 is 1.25 bits per heavy atom. The lowest BCUT2D eigenvalue weighted by atomic mass is 10.1. The van der Waals surface area contributed by atoms with Gasteiger partial charge in [-0.3, -0.25) is 0 Å². The molecule has 126 valence electrons. The average molecular weight is 343 g/mol. The number of rotatable bonds is 5. The molecule has 1 N–H and O–H groups in total. The summed E-state index contributed by atoms with van der Waals surface area (Å²) >= 11 is 0. The Labute approximate surface area is 145 Å². The van der Waals surface area contributed by atoms with Crippen molar-refractivity contribution in [1.29, 1.82) is 0 Å². The Kier molecular flexibility index (Phi) is 4.85. The van der Waals surface area contributed by atoms with Gasteiger partial charge in [0.1, 0.15) is 16.7 Å². The van der Waals surface area contributed by atoms with Crippen LogP contribution in [0, 0.1) is 0 Å². The molecule has 1 atom stereocenters. The highest BCUT2D eigenvalue weighted by Crippen LogP contribution is 2.32. The molecule has 2 aromatic rings. The van der Waals surface area contributed by atoms with E-state index in [-0.39, 0.29) is 0 Å². The summed E-state index contributed by atoms with van der Waals surface area (Å²) in [6, 6.07) is 13.5. The fourth-order valence-electron chi connectivity index (χ4n) is 2.43. The Balaban J connectivity index is 1.66. The summed E-state index contributed by atoms with van der Waals surface area (Å²) in [6.45, 7) is 8.47. The molecule has 4 nitrogen and oxygen atoms in total. The molecule has 24 heavy (non-hydrogen) atoms. The lowest BCUT2D eigenvalue weighted by molar-refractivity contribution is -0.180. The van der Waals surface area contributed by atoms with Gasteiger partial charge in [0, 0.05) is 26.0 Å². The number of nitrogens with one attached hydrogen (secondary N) is 1. The molecule has 2 aromatic carbocycles. The summed E-state index contributed by atoms with van der Waals surface area (Å²) in [6.07, 6.45) is 1.80. The first-order valence-corrected chi connectivity index (χ1v) is 8.94. The Hall–Kier alpha value is -1.95. The lowest BCUT2D eigenvalue weighted by Crippen LogP contribution is -2.35. The Bertz CT molecular complexity index is 769. The SMILES string of the molecule is C=Cc1ccc(CNS(=O)c2ccc3c(c2)COC(C)(C)O3)cc1. The summed E-state index contributed by atoms with van der Waals surface area (Å²) in [7, 11) is -1.29. The van der Waals surface area contributed by atoms with Crippen LogP contribution < -0.4 is 9.46 Å². The second kappa shape index (κ2) is 6.89. The van der Waals surface area contributed by atoms with Gasteiger partial charge in [-0.1, -0.05) is 36.9 Å². The van der Waals surface area contributed by atoms with Crippen molar-refractivity contribution in [1.82, 2.24) is 4.72 Å². The van der Waals surface area contributed by atoms with Crippen LogP contribution in [0.2, 0.25) is 0 Å². The van der Waals surface area contributed by atoms with Crippen molar-refractivity contribution in [2.75, 3.05) is 0 Å². The summed E-state index contributed by atoms with van der Waals surface area (Å²) in [5.74, 6) is 0.163. The number of ether oxygens (including phenoxy) is 2. The maximum atomic E-state index is 12.5. The van der Waals surface area contributed by atoms with Crippen molar-refractivity contribution in [2.24, 2.45) is 0 Å². The van der Waals surface area contributed by atoms with Crippen LogP contribution in [0.4, 0.5) is 0 Å². The van der Waals surface area contributed by atoms with Crippen LogP contribution in [0.3, 0.4) is 0 Å². The molecule has 1 aliphatic heterocycles. The first-order valence-electron chi connectivity index (χ1n) is 7.79. The molecule has 0 bridgehead atoms. The largest absolute Gasteiger partial charge is 0.463 e. The highest BCUT2D eigenvalue weighted by molar-refractivity contribution is 7.83. The number of hydrogen-bond donors (Lipinski definition) is 1. The highest BCUT2D eigenvalue weighted by atomic mass is 32.2. The molecule has 1 heterocycles. The maximum Gasteiger partial charge on any atom is 0.205 e. The van der Waals surface area contributed by atoms with Gasteiger partial charge in [-0.15, -0.1) is 0 Å². The first-order chi connectivity index (χ1) is 11.5. The highest BCUT2D eigenvalue weighted by Gasteiger charge is 2.27. The molecule has 0 aliphatic carbocycles. The topological polar surface area (TPSA) is 47.6 Å². The summed E-state index contributed by atoms with van der Waals surface area (Å²) in [5.41, 5.74) is 3.05. The zero-order valence-electron chi connectivity index (χ0n) is 13.9. The smallest absolute Gasteiger partial charge is 0.205 e. The van der Waals surface area contributed by atoms with Gasteiger partial charge in [0.2, 0.25) is 5.79 Å². The van der Waals surface area contributed by atoms with Gasteiger partial charge in [0.15, 0.2) is 0 Å². The molecule has 5 heteroatoms. The van der Waals surface area contributed by atoms with Crippen molar-refractivity contribution in [2.45, 2.75) is 37.7 Å². The molecule has 0 radical (unpaired) electrons. The minimum absolute atomic E-state index is 0.455. The maximum absolute atomic E-state index is 12.5. The van der Waals surface area contributed by atoms with E-state index in [2.05, 4.69) is 11.3 Å². The average Bonchev–Trinajstić information content (AvgIpc) is 2.59. The minimum Gasteiger partial charge on any atom is -0.463 e. The van der Waals surface area contributed by atoms with Crippen LogP contribution in [-0.2, 0) is 28.9 Å². The molecule has 0 saturated heterocycles. The van der Waals surface area contributed by atoms with Crippen molar-refractivity contribution >= 4 is 17.1 Å².